The second-order valence-corrected chi connectivity index (χ2v) is 6.29. The number of rotatable bonds is 6. The zero-order valence-corrected chi connectivity index (χ0v) is 14.1. The van der Waals surface area contributed by atoms with Crippen LogP contribution in [0.1, 0.15) is 30.0 Å². The van der Waals surface area contributed by atoms with E-state index in [4.69, 9.17) is 0 Å². The third-order valence-corrected chi connectivity index (χ3v) is 4.52. The molecule has 0 spiro atoms. The van der Waals surface area contributed by atoms with Gasteiger partial charge in [0, 0.05) is 17.6 Å². The molecule has 2 nitrogen and oxygen atoms in total. The minimum absolute atomic E-state index is 0.0806. The molecule has 1 aromatic heterocycles. The average Bonchev–Trinajstić information content (AvgIpc) is 2.61. The Morgan fingerprint density at radius 3 is 2.67 bits per heavy atom. The minimum atomic E-state index is 0.0806. The van der Waals surface area contributed by atoms with E-state index >= 15 is 0 Å². The summed E-state index contributed by atoms with van der Waals surface area (Å²) in [5.41, 5.74) is 3.53. The molecular formula is C22H23NO. The van der Waals surface area contributed by atoms with Gasteiger partial charge in [0.05, 0.1) is 11.6 Å². The quantitative estimate of drug-likeness (QED) is 0.582. The van der Waals surface area contributed by atoms with Gasteiger partial charge in [0.15, 0.2) is 5.43 Å². The maximum Gasteiger partial charge on any atom is 0.189 e. The molecule has 0 saturated heterocycles. The van der Waals surface area contributed by atoms with Crippen LogP contribution >= 0.6 is 0 Å². The summed E-state index contributed by atoms with van der Waals surface area (Å²) in [4.78, 5) is 12.2. The number of pyridine rings is 1. The lowest BCUT2D eigenvalue weighted by atomic mass is 10.0. The van der Waals surface area contributed by atoms with E-state index in [1.54, 1.807) is 6.07 Å². The summed E-state index contributed by atoms with van der Waals surface area (Å²) in [7, 11) is 0. The van der Waals surface area contributed by atoms with Gasteiger partial charge in [-0.1, -0.05) is 48.0 Å². The Morgan fingerprint density at radius 2 is 1.92 bits per heavy atom. The number of fused-ring (bicyclic) bond motifs is 1. The summed E-state index contributed by atoms with van der Waals surface area (Å²) >= 11 is 0. The van der Waals surface area contributed by atoms with Gasteiger partial charge in [-0.15, -0.1) is 6.58 Å². The van der Waals surface area contributed by atoms with E-state index in [2.05, 4.69) is 41.5 Å². The maximum absolute atomic E-state index is 12.2. The smallest absolute Gasteiger partial charge is 0.189 e. The predicted molar refractivity (Wildman–Crippen MR) is 102 cm³/mol. The van der Waals surface area contributed by atoms with Crippen molar-refractivity contribution in [1.82, 2.24) is 4.57 Å². The number of nitrogens with zero attached hydrogens (tertiary/aromatic N) is 1. The fourth-order valence-corrected chi connectivity index (χ4v) is 3.21. The van der Waals surface area contributed by atoms with Gasteiger partial charge in [-0.25, -0.2) is 0 Å². The van der Waals surface area contributed by atoms with E-state index in [1.165, 1.54) is 5.56 Å². The fraction of sp³-hybridized carbons (Fsp3) is 0.227. The van der Waals surface area contributed by atoms with Crippen LogP contribution in [0.3, 0.4) is 0 Å². The summed E-state index contributed by atoms with van der Waals surface area (Å²) in [6, 6.07) is 18.5. The Bertz CT molecular complexity index is 893. The molecule has 0 amide bonds. The second-order valence-electron chi connectivity index (χ2n) is 6.29. The largest absolute Gasteiger partial charge is 0.340 e. The Balaban J connectivity index is 1.83. The van der Waals surface area contributed by atoms with Crippen LogP contribution in [0.25, 0.3) is 10.9 Å². The molecule has 2 aromatic carbocycles. The van der Waals surface area contributed by atoms with Gasteiger partial charge in [-0.3, -0.25) is 4.79 Å². The van der Waals surface area contributed by atoms with E-state index in [1.807, 2.05) is 37.4 Å². The lowest BCUT2D eigenvalue weighted by molar-refractivity contribution is 0.546. The van der Waals surface area contributed by atoms with Crippen molar-refractivity contribution in [3.8, 4) is 0 Å². The van der Waals surface area contributed by atoms with Crippen molar-refractivity contribution in [1.29, 1.82) is 0 Å². The Hall–Kier alpha value is -2.61. The highest BCUT2D eigenvalue weighted by Crippen LogP contribution is 2.22. The molecule has 0 aliphatic carbocycles. The molecule has 1 unspecified atom stereocenters. The third-order valence-electron chi connectivity index (χ3n) is 4.52. The van der Waals surface area contributed by atoms with Crippen molar-refractivity contribution in [3.63, 3.8) is 0 Å². The van der Waals surface area contributed by atoms with Gasteiger partial charge < -0.3 is 4.57 Å². The molecule has 0 aliphatic heterocycles. The molecular weight excluding hydrogens is 294 g/mol. The Labute approximate surface area is 143 Å². The van der Waals surface area contributed by atoms with Crippen molar-refractivity contribution >= 4 is 10.9 Å². The topological polar surface area (TPSA) is 22.0 Å². The Kier molecular flexibility index (Phi) is 4.95. The van der Waals surface area contributed by atoms with Crippen LogP contribution in [0.5, 0.6) is 0 Å². The summed E-state index contributed by atoms with van der Waals surface area (Å²) in [6.45, 7) is 6.03. The summed E-state index contributed by atoms with van der Waals surface area (Å²) in [5, 5.41) is 0.785. The number of allylic oxidation sites excluding steroid dienone is 1. The molecule has 1 heterocycles. The SMILES string of the molecule is C=CC(CCCc1ccccc1)n1ccc(=O)c2cc(C)ccc21. The minimum Gasteiger partial charge on any atom is -0.340 e. The molecule has 3 rings (SSSR count). The summed E-state index contributed by atoms with van der Waals surface area (Å²) in [5.74, 6) is 0. The molecule has 1 atom stereocenters. The van der Waals surface area contributed by atoms with E-state index in [0.717, 1.165) is 35.7 Å². The Morgan fingerprint density at radius 1 is 1.12 bits per heavy atom. The van der Waals surface area contributed by atoms with Gasteiger partial charge in [-0.2, -0.15) is 0 Å². The van der Waals surface area contributed by atoms with Gasteiger partial charge >= 0.3 is 0 Å². The highest BCUT2D eigenvalue weighted by Gasteiger charge is 2.10. The normalized spacial score (nSPS) is 12.2. The number of hydrogen-bond acceptors (Lipinski definition) is 1. The molecule has 0 bridgehead atoms. The summed E-state index contributed by atoms with van der Waals surface area (Å²) < 4.78 is 2.17. The maximum atomic E-state index is 12.2. The lowest BCUT2D eigenvalue weighted by Crippen LogP contribution is -2.12. The van der Waals surface area contributed by atoms with E-state index in [-0.39, 0.29) is 11.5 Å². The van der Waals surface area contributed by atoms with Crippen molar-refractivity contribution in [2.75, 3.05) is 0 Å². The first-order valence-corrected chi connectivity index (χ1v) is 8.47. The number of aromatic nitrogens is 1. The molecule has 0 aliphatic rings. The highest BCUT2D eigenvalue weighted by molar-refractivity contribution is 5.79. The van der Waals surface area contributed by atoms with Crippen LogP contribution in [-0.4, -0.2) is 4.57 Å². The van der Waals surface area contributed by atoms with Crippen LogP contribution < -0.4 is 5.43 Å². The highest BCUT2D eigenvalue weighted by atomic mass is 16.1. The van der Waals surface area contributed by atoms with Crippen molar-refractivity contribution in [3.05, 3.63) is 94.8 Å². The average molecular weight is 317 g/mol. The first kappa shape index (κ1) is 16.3. The van der Waals surface area contributed by atoms with Crippen LogP contribution in [-0.2, 0) is 6.42 Å². The van der Waals surface area contributed by atoms with E-state index in [9.17, 15) is 4.79 Å². The first-order valence-electron chi connectivity index (χ1n) is 8.47. The first-order chi connectivity index (χ1) is 11.7. The second kappa shape index (κ2) is 7.31. The number of benzene rings is 2. The van der Waals surface area contributed by atoms with E-state index < -0.39 is 0 Å². The zero-order valence-electron chi connectivity index (χ0n) is 14.1. The van der Waals surface area contributed by atoms with Gasteiger partial charge in [0.25, 0.3) is 0 Å². The van der Waals surface area contributed by atoms with Crippen LogP contribution in [0.2, 0.25) is 0 Å². The molecule has 0 fully saturated rings. The molecule has 3 aromatic rings. The van der Waals surface area contributed by atoms with Crippen molar-refractivity contribution in [2.45, 2.75) is 32.2 Å². The van der Waals surface area contributed by atoms with Gasteiger partial charge in [0.2, 0.25) is 0 Å². The molecule has 0 N–H and O–H groups in total. The van der Waals surface area contributed by atoms with Crippen LogP contribution in [0.4, 0.5) is 0 Å². The van der Waals surface area contributed by atoms with E-state index in [0.29, 0.717) is 0 Å². The molecule has 2 heteroatoms. The number of hydrogen-bond donors (Lipinski definition) is 0. The van der Waals surface area contributed by atoms with Crippen molar-refractivity contribution < 1.29 is 0 Å². The fourth-order valence-electron chi connectivity index (χ4n) is 3.21. The molecule has 122 valence electrons. The third kappa shape index (κ3) is 3.48. The lowest BCUT2D eigenvalue weighted by Gasteiger charge is -2.19. The summed E-state index contributed by atoms with van der Waals surface area (Å²) in [6.07, 6.45) is 7.02. The molecule has 0 saturated carbocycles. The van der Waals surface area contributed by atoms with Crippen LogP contribution in [0, 0.1) is 6.92 Å². The predicted octanol–water partition coefficient (Wildman–Crippen LogP) is 5.06. The van der Waals surface area contributed by atoms with Gasteiger partial charge in [0.1, 0.15) is 0 Å². The van der Waals surface area contributed by atoms with Crippen molar-refractivity contribution in [2.24, 2.45) is 0 Å². The van der Waals surface area contributed by atoms with Gasteiger partial charge in [-0.05, 0) is 43.9 Å². The zero-order chi connectivity index (χ0) is 16.9. The monoisotopic (exact) mass is 317 g/mol. The molecule has 24 heavy (non-hydrogen) atoms. The standard InChI is InChI=1S/C22H23NO/c1-3-19(11-7-10-18-8-5-4-6-9-18)23-15-14-22(24)20-16-17(2)12-13-21(20)23/h3-6,8-9,12-16,19H,1,7,10-11H2,2H3. The van der Waals surface area contributed by atoms with Crippen LogP contribution in [0.15, 0.2) is 78.2 Å². The molecule has 0 radical (unpaired) electrons. The number of aryl methyl sites for hydroxylation is 2.